The summed E-state index contributed by atoms with van der Waals surface area (Å²) < 4.78 is 25.1. The summed E-state index contributed by atoms with van der Waals surface area (Å²) in [5.41, 5.74) is 0.882. The Bertz CT molecular complexity index is 418. The highest BCUT2D eigenvalue weighted by atomic mass is 32.2. The second-order valence-corrected chi connectivity index (χ2v) is 5.72. The van der Waals surface area contributed by atoms with Crippen LogP contribution in [-0.4, -0.2) is 23.7 Å². The molecule has 1 rings (SSSR count). The smallest absolute Gasteiger partial charge is 0.228 e. The molecule has 4 nitrogen and oxygen atoms in total. The van der Waals surface area contributed by atoms with Gasteiger partial charge in [0, 0.05) is 17.9 Å². The first-order valence-corrected chi connectivity index (χ1v) is 6.32. The van der Waals surface area contributed by atoms with Gasteiger partial charge in [-0.1, -0.05) is 6.92 Å². The highest BCUT2D eigenvalue weighted by Crippen LogP contribution is 2.17. The monoisotopic (exact) mass is 216 g/mol. The van der Waals surface area contributed by atoms with E-state index < -0.39 is 9.84 Å². The van der Waals surface area contributed by atoms with Crippen LogP contribution in [0.1, 0.15) is 32.5 Å². The zero-order chi connectivity index (χ0) is 10.9. The van der Waals surface area contributed by atoms with Crippen molar-refractivity contribution in [3.05, 3.63) is 11.9 Å². The molecule has 0 aliphatic rings. The predicted octanol–water partition coefficient (Wildman–Crippen LogP) is 1.57. The molecule has 0 atom stereocenters. The third kappa shape index (κ3) is 1.82. The van der Waals surface area contributed by atoms with Crippen LogP contribution in [0.5, 0.6) is 0 Å². The molecule has 0 saturated carbocycles. The molecule has 0 unspecified atom stereocenters. The molecule has 0 fully saturated rings. The van der Waals surface area contributed by atoms with Crippen LogP contribution in [0.2, 0.25) is 0 Å². The van der Waals surface area contributed by atoms with Crippen molar-refractivity contribution in [2.45, 2.75) is 38.9 Å². The summed E-state index contributed by atoms with van der Waals surface area (Å²) >= 11 is 0. The molecule has 1 aromatic rings. The average molecular weight is 216 g/mol. The molecule has 1 heterocycles. The summed E-state index contributed by atoms with van der Waals surface area (Å²) in [5.74, 6) is 0.0934. The van der Waals surface area contributed by atoms with Crippen LogP contribution in [0.25, 0.3) is 0 Å². The fourth-order valence-corrected chi connectivity index (χ4v) is 2.54. The SMILES string of the molecule is CCS(=O)(=O)c1ncc(C)n1C(C)C. The fraction of sp³-hybridized carbons (Fsp3) is 0.667. The van der Waals surface area contributed by atoms with E-state index in [-0.39, 0.29) is 17.0 Å². The number of nitrogens with zero attached hydrogens (tertiary/aromatic N) is 2. The Kier molecular flexibility index (Phi) is 2.99. The molecule has 0 aliphatic carbocycles. The lowest BCUT2D eigenvalue weighted by atomic mass is 10.4. The molecule has 80 valence electrons. The second-order valence-electron chi connectivity index (χ2n) is 3.55. The minimum atomic E-state index is -3.20. The molecule has 0 aliphatic heterocycles. The van der Waals surface area contributed by atoms with Crippen molar-refractivity contribution in [2.24, 2.45) is 0 Å². The molecular formula is C9H16N2O2S. The number of aromatic nitrogens is 2. The molecule has 0 aromatic carbocycles. The summed E-state index contributed by atoms with van der Waals surface area (Å²) in [6.45, 7) is 7.39. The Balaban J connectivity index is 3.37. The molecule has 0 radical (unpaired) electrons. The van der Waals surface area contributed by atoms with Gasteiger partial charge in [0.25, 0.3) is 0 Å². The van der Waals surface area contributed by atoms with Crippen molar-refractivity contribution >= 4 is 9.84 Å². The number of rotatable bonds is 3. The van der Waals surface area contributed by atoms with Gasteiger partial charge in [-0.15, -0.1) is 0 Å². The Labute approximate surface area is 84.9 Å². The summed E-state index contributed by atoms with van der Waals surface area (Å²) in [5, 5.41) is 0.188. The van der Waals surface area contributed by atoms with Gasteiger partial charge in [0.1, 0.15) is 0 Å². The maximum Gasteiger partial charge on any atom is 0.228 e. The van der Waals surface area contributed by atoms with Gasteiger partial charge in [-0.2, -0.15) is 0 Å². The lowest BCUT2D eigenvalue weighted by molar-refractivity contribution is 0.512. The van der Waals surface area contributed by atoms with Crippen LogP contribution in [0.4, 0.5) is 0 Å². The minimum Gasteiger partial charge on any atom is -0.317 e. The minimum absolute atomic E-state index is 0.0934. The van der Waals surface area contributed by atoms with Gasteiger partial charge in [-0.3, -0.25) is 0 Å². The number of aryl methyl sites for hydroxylation is 1. The maximum atomic E-state index is 11.7. The Morgan fingerprint density at radius 3 is 2.50 bits per heavy atom. The van der Waals surface area contributed by atoms with Crippen LogP contribution in [0, 0.1) is 6.92 Å². The predicted molar refractivity (Wildman–Crippen MR) is 55.1 cm³/mol. The Morgan fingerprint density at radius 2 is 2.07 bits per heavy atom. The summed E-state index contributed by atoms with van der Waals surface area (Å²) in [6.07, 6.45) is 1.60. The van der Waals surface area contributed by atoms with Crippen LogP contribution >= 0.6 is 0 Å². The van der Waals surface area contributed by atoms with Crippen molar-refractivity contribution < 1.29 is 8.42 Å². The second kappa shape index (κ2) is 3.73. The highest BCUT2D eigenvalue weighted by molar-refractivity contribution is 7.91. The molecule has 0 bridgehead atoms. The van der Waals surface area contributed by atoms with E-state index >= 15 is 0 Å². The standard InChI is InChI=1S/C9H16N2O2S/c1-5-14(12,13)9-10-6-8(4)11(9)7(2)3/h6-7H,5H2,1-4H3. The van der Waals surface area contributed by atoms with E-state index in [1.807, 2.05) is 20.8 Å². The van der Waals surface area contributed by atoms with Crippen molar-refractivity contribution in [2.75, 3.05) is 5.75 Å². The van der Waals surface area contributed by atoms with E-state index in [9.17, 15) is 8.42 Å². The van der Waals surface area contributed by atoms with E-state index in [4.69, 9.17) is 0 Å². The van der Waals surface area contributed by atoms with E-state index in [1.54, 1.807) is 17.7 Å². The zero-order valence-electron chi connectivity index (χ0n) is 8.98. The third-order valence-corrected chi connectivity index (χ3v) is 3.74. The van der Waals surface area contributed by atoms with Crippen molar-refractivity contribution in [3.63, 3.8) is 0 Å². The average Bonchev–Trinajstić information content (AvgIpc) is 2.47. The number of hydrogen-bond donors (Lipinski definition) is 0. The first kappa shape index (κ1) is 11.2. The molecule has 14 heavy (non-hydrogen) atoms. The molecule has 1 aromatic heterocycles. The van der Waals surface area contributed by atoms with Gasteiger partial charge < -0.3 is 4.57 Å². The van der Waals surface area contributed by atoms with Gasteiger partial charge in [0.2, 0.25) is 15.0 Å². The van der Waals surface area contributed by atoms with E-state index in [0.717, 1.165) is 5.69 Å². The van der Waals surface area contributed by atoms with E-state index in [1.165, 1.54) is 0 Å². The highest BCUT2D eigenvalue weighted by Gasteiger charge is 2.21. The van der Waals surface area contributed by atoms with Crippen molar-refractivity contribution in [1.29, 1.82) is 0 Å². The lowest BCUT2D eigenvalue weighted by Gasteiger charge is -2.13. The number of imidazole rings is 1. The molecule has 5 heteroatoms. The first-order valence-electron chi connectivity index (χ1n) is 4.66. The molecular weight excluding hydrogens is 200 g/mol. The number of hydrogen-bond acceptors (Lipinski definition) is 3. The molecule has 0 saturated heterocycles. The van der Waals surface area contributed by atoms with Gasteiger partial charge in [-0.05, 0) is 20.8 Å². The zero-order valence-corrected chi connectivity index (χ0v) is 9.80. The van der Waals surface area contributed by atoms with Crippen LogP contribution in [0.3, 0.4) is 0 Å². The summed E-state index contributed by atoms with van der Waals surface area (Å²) in [7, 11) is -3.20. The molecule has 0 N–H and O–H groups in total. The Morgan fingerprint density at radius 1 is 1.50 bits per heavy atom. The quantitative estimate of drug-likeness (QED) is 0.770. The number of sulfone groups is 1. The van der Waals surface area contributed by atoms with Crippen LogP contribution < -0.4 is 0 Å². The topological polar surface area (TPSA) is 52.0 Å². The normalized spacial score (nSPS) is 12.4. The Hall–Kier alpha value is -0.840. The lowest BCUT2D eigenvalue weighted by Crippen LogP contribution is -2.15. The molecule has 0 spiro atoms. The third-order valence-electron chi connectivity index (χ3n) is 2.12. The van der Waals surface area contributed by atoms with E-state index in [0.29, 0.717) is 0 Å². The molecule has 0 amide bonds. The van der Waals surface area contributed by atoms with Crippen LogP contribution in [0.15, 0.2) is 11.4 Å². The van der Waals surface area contributed by atoms with Gasteiger partial charge in [-0.25, -0.2) is 13.4 Å². The van der Waals surface area contributed by atoms with Gasteiger partial charge >= 0.3 is 0 Å². The largest absolute Gasteiger partial charge is 0.317 e. The first-order chi connectivity index (χ1) is 6.40. The van der Waals surface area contributed by atoms with Gasteiger partial charge in [0.15, 0.2) is 0 Å². The fourth-order valence-electron chi connectivity index (χ4n) is 1.41. The summed E-state index contributed by atoms with van der Waals surface area (Å²) in [4.78, 5) is 3.95. The van der Waals surface area contributed by atoms with E-state index in [2.05, 4.69) is 4.98 Å². The summed E-state index contributed by atoms with van der Waals surface area (Å²) in [6, 6.07) is 0.119. The van der Waals surface area contributed by atoms with Crippen LogP contribution in [-0.2, 0) is 9.84 Å². The van der Waals surface area contributed by atoms with Crippen molar-refractivity contribution in [1.82, 2.24) is 9.55 Å². The van der Waals surface area contributed by atoms with Crippen molar-refractivity contribution in [3.8, 4) is 0 Å². The maximum absolute atomic E-state index is 11.7. The van der Waals surface area contributed by atoms with Gasteiger partial charge in [0.05, 0.1) is 5.75 Å².